The Morgan fingerprint density at radius 2 is 0.873 bits per heavy atom. The molecule has 0 fully saturated rings. The maximum absolute atomic E-state index is 2.50. The molecule has 0 radical (unpaired) electrons. The third-order valence-corrected chi connectivity index (χ3v) is 13.6. The second kappa shape index (κ2) is 15.5. The fourth-order valence-electron chi connectivity index (χ4n) is 9.46. The molecule has 0 bridgehead atoms. The van der Waals surface area contributed by atoms with Crippen molar-refractivity contribution < 1.29 is 0 Å². The average Bonchev–Trinajstić information content (AvgIpc) is 3.91. The highest BCUT2D eigenvalue weighted by atomic mass is 32.1. The Morgan fingerprint density at radius 1 is 0.317 bits per heavy atom. The largest absolute Gasteiger partial charge is 0.309 e. The zero-order chi connectivity index (χ0) is 41.7. The van der Waals surface area contributed by atoms with Crippen LogP contribution in [0.2, 0.25) is 0 Å². The summed E-state index contributed by atoms with van der Waals surface area (Å²) in [5, 5.41) is 5.04. The summed E-state index contributed by atoms with van der Waals surface area (Å²) in [6.45, 7) is 0. The molecule has 0 spiro atoms. The molecule has 63 heavy (non-hydrogen) atoms. The summed E-state index contributed by atoms with van der Waals surface area (Å²) in [5.74, 6) is 0. The van der Waals surface area contributed by atoms with Crippen molar-refractivity contribution in [2.45, 2.75) is 0 Å². The normalized spacial score (nSPS) is 11.5. The molecule has 0 amide bonds. The van der Waals surface area contributed by atoms with Crippen LogP contribution in [0.3, 0.4) is 0 Å². The number of thiophene rings is 1. The second-order valence-electron chi connectivity index (χ2n) is 16.1. The molecule has 3 heteroatoms. The van der Waals surface area contributed by atoms with Crippen molar-refractivity contribution in [1.82, 2.24) is 4.57 Å². The van der Waals surface area contributed by atoms with Gasteiger partial charge in [-0.15, -0.1) is 11.3 Å². The molecule has 12 aromatic rings. The number of anilines is 3. The summed E-state index contributed by atoms with van der Waals surface area (Å²) in [7, 11) is 0. The molecule has 0 saturated carbocycles. The lowest BCUT2D eigenvalue weighted by Crippen LogP contribution is -2.13. The van der Waals surface area contributed by atoms with Crippen molar-refractivity contribution in [1.29, 1.82) is 0 Å². The van der Waals surface area contributed by atoms with Gasteiger partial charge in [-0.25, -0.2) is 0 Å². The Hall–Kier alpha value is -7.98. The molecule has 2 nitrogen and oxygen atoms in total. The number of hydrogen-bond donors (Lipinski definition) is 0. The zero-order valence-corrected chi connectivity index (χ0v) is 35.2. The number of para-hydroxylation sites is 3. The van der Waals surface area contributed by atoms with Gasteiger partial charge in [0, 0.05) is 59.0 Å². The SMILES string of the molecule is c1ccc(-c2ccc(-c3ccc(N(c4ccc5c6ccccc6n(-c6ccccc6)c5c4)c4ccccc4-c4cccc5c4sc4ccccc45)c(-c4ccccc4)c3)cc2)cc1. The molecule has 0 aliphatic carbocycles. The van der Waals surface area contributed by atoms with Crippen LogP contribution in [0.15, 0.2) is 243 Å². The minimum Gasteiger partial charge on any atom is -0.309 e. The molecule has 0 unspecified atom stereocenters. The van der Waals surface area contributed by atoms with Gasteiger partial charge >= 0.3 is 0 Å². The molecular formula is C60H40N2S. The molecule has 2 heterocycles. The van der Waals surface area contributed by atoms with Gasteiger partial charge in [0.25, 0.3) is 0 Å². The number of aromatic nitrogens is 1. The number of hydrogen-bond acceptors (Lipinski definition) is 2. The predicted octanol–water partition coefficient (Wildman–Crippen LogP) is 17.3. The van der Waals surface area contributed by atoms with Crippen LogP contribution < -0.4 is 4.90 Å². The Balaban J connectivity index is 1.12. The van der Waals surface area contributed by atoms with E-state index in [1.807, 2.05) is 11.3 Å². The summed E-state index contributed by atoms with van der Waals surface area (Å²) < 4.78 is 5.01. The van der Waals surface area contributed by atoms with Gasteiger partial charge in [-0.2, -0.15) is 0 Å². The van der Waals surface area contributed by atoms with E-state index in [2.05, 4.69) is 252 Å². The molecule has 0 saturated heterocycles. The van der Waals surface area contributed by atoms with E-state index < -0.39 is 0 Å². The first-order valence-corrected chi connectivity index (χ1v) is 22.3. The highest BCUT2D eigenvalue weighted by molar-refractivity contribution is 7.26. The maximum atomic E-state index is 2.50. The van der Waals surface area contributed by atoms with Crippen molar-refractivity contribution in [3.63, 3.8) is 0 Å². The number of rotatable bonds is 8. The molecule has 0 aliphatic rings. The molecule has 12 rings (SSSR count). The number of nitrogens with zero attached hydrogens (tertiary/aromatic N) is 2. The van der Waals surface area contributed by atoms with Gasteiger partial charge in [0.1, 0.15) is 0 Å². The predicted molar refractivity (Wildman–Crippen MR) is 270 cm³/mol. The lowest BCUT2D eigenvalue weighted by molar-refractivity contribution is 1.18. The van der Waals surface area contributed by atoms with Gasteiger partial charge in [-0.1, -0.05) is 188 Å². The molecule has 10 aromatic carbocycles. The Kier molecular flexibility index (Phi) is 9.06. The molecule has 2 aromatic heterocycles. The lowest BCUT2D eigenvalue weighted by Gasteiger charge is -2.30. The summed E-state index contributed by atoms with van der Waals surface area (Å²) >= 11 is 1.88. The van der Waals surface area contributed by atoms with E-state index in [0.717, 1.165) is 39.4 Å². The third-order valence-electron chi connectivity index (χ3n) is 12.4. The van der Waals surface area contributed by atoms with Crippen molar-refractivity contribution in [3.8, 4) is 50.2 Å². The highest BCUT2D eigenvalue weighted by Gasteiger charge is 2.24. The Morgan fingerprint density at radius 3 is 1.67 bits per heavy atom. The first-order chi connectivity index (χ1) is 31.3. The number of benzene rings is 10. The number of fused-ring (bicyclic) bond motifs is 6. The smallest absolute Gasteiger partial charge is 0.0561 e. The van der Waals surface area contributed by atoms with Crippen LogP contribution in [-0.2, 0) is 0 Å². The third kappa shape index (κ3) is 6.41. The van der Waals surface area contributed by atoms with Gasteiger partial charge < -0.3 is 9.47 Å². The molecule has 0 N–H and O–H groups in total. The van der Waals surface area contributed by atoms with Crippen LogP contribution in [0.25, 0.3) is 92.2 Å². The van der Waals surface area contributed by atoms with E-state index in [9.17, 15) is 0 Å². The van der Waals surface area contributed by atoms with Crippen LogP contribution in [0, 0.1) is 0 Å². The van der Waals surface area contributed by atoms with Crippen LogP contribution in [-0.4, -0.2) is 4.57 Å². The van der Waals surface area contributed by atoms with Crippen LogP contribution >= 0.6 is 11.3 Å². The first kappa shape index (κ1) is 36.8. The van der Waals surface area contributed by atoms with Gasteiger partial charge in [0.2, 0.25) is 0 Å². The van der Waals surface area contributed by atoms with E-state index in [4.69, 9.17) is 0 Å². The average molecular weight is 821 g/mol. The quantitative estimate of drug-likeness (QED) is 0.148. The van der Waals surface area contributed by atoms with Crippen molar-refractivity contribution in [2.24, 2.45) is 0 Å². The van der Waals surface area contributed by atoms with E-state index in [1.165, 1.54) is 69.8 Å². The summed E-state index contributed by atoms with van der Waals surface area (Å²) in [5.41, 5.74) is 16.3. The van der Waals surface area contributed by atoms with Gasteiger partial charge in [0.05, 0.1) is 22.4 Å². The highest BCUT2D eigenvalue weighted by Crippen LogP contribution is 2.49. The molecular weight excluding hydrogens is 781 g/mol. The molecule has 296 valence electrons. The minimum absolute atomic E-state index is 1.08. The van der Waals surface area contributed by atoms with Crippen molar-refractivity contribution in [3.05, 3.63) is 243 Å². The second-order valence-corrected chi connectivity index (χ2v) is 17.1. The summed E-state index contributed by atoms with van der Waals surface area (Å²) in [4.78, 5) is 2.50. The maximum Gasteiger partial charge on any atom is 0.0561 e. The minimum atomic E-state index is 1.08. The van der Waals surface area contributed by atoms with Gasteiger partial charge in [-0.3, -0.25) is 0 Å². The van der Waals surface area contributed by atoms with Crippen LogP contribution in [0.5, 0.6) is 0 Å². The topological polar surface area (TPSA) is 8.17 Å². The van der Waals surface area contributed by atoms with Crippen LogP contribution in [0.1, 0.15) is 0 Å². The van der Waals surface area contributed by atoms with E-state index in [1.54, 1.807) is 0 Å². The summed E-state index contributed by atoms with van der Waals surface area (Å²) in [6.07, 6.45) is 0. The zero-order valence-electron chi connectivity index (χ0n) is 34.4. The summed E-state index contributed by atoms with van der Waals surface area (Å²) in [6, 6.07) is 88.5. The van der Waals surface area contributed by atoms with Crippen LogP contribution in [0.4, 0.5) is 17.1 Å². The van der Waals surface area contributed by atoms with E-state index in [-0.39, 0.29) is 0 Å². The molecule has 0 atom stereocenters. The van der Waals surface area contributed by atoms with E-state index in [0.29, 0.717) is 0 Å². The first-order valence-electron chi connectivity index (χ1n) is 21.5. The Bertz CT molecular complexity index is 3600. The van der Waals surface area contributed by atoms with Crippen molar-refractivity contribution >= 4 is 70.4 Å². The standard InChI is InChI=1S/C60H40N2S/c1-4-17-41(18-5-1)42-31-33-43(34-32-42)45-35-38-57(54(39-45)44-19-6-2-7-20-44)62(47-36-37-50-48-23-10-13-28-55(48)61(58(50)40-47)46-21-8-3-9-22-46)56-29-14-11-24-49(56)52-26-16-27-53-51-25-12-15-30-59(51)63-60(52)53/h1-40H. The lowest BCUT2D eigenvalue weighted by atomic mass is 9.94. The van der Waals surface area contributed by atoms with E-state index >= 15 is 0 Å². The van der Waals surface area contributed by atoms with Crippen molar-refractivity contribution in [2.75, 3.05) is 4.90 Å². The Labute approximate surface area is 370 Å². The molecule has 0 aliphatic heterocycles. The van der Waals surface area contributed by atoms with Gasteiger partial charge in [-0.05, 0) is 82.4 Å². The fraction of sp³-hybridized carbons (Fsp3) is 0. The fourth-order valence-corrected chi connectivity index (χ4v) is 10.7. The van der Waals surface area contributed by atoms with Gasteiger partial charge in [0.15, 0.2) is 0 Å². The monoisotopic (exact) mass is 820 g/mol.